The van der Waals surface area contributed by atoms with Gasteiger partial charge in [-0.25, -0.2) is 0 Å². The lowest BCUT2D eigenvalue weighted by Gasteiger charge is -2.08. The number of aliphatic carboxylic acids is 1. The molecule has 2 N–H and O–H groups in total. The quantitative estimate of drug-likeness (QED) is 0.634. The van der Waals surface area contributed by atoms with Crippen LogP contribution in [0.25, 0.3) is 0 Å². The summed E-state index contributed by atoms with van der Waals surface area (Å²) in [5, 5.41) is 11.5. The fourth-order valence-corrected chi connectivity index (χ4v) is 0.878. The molecule has 1 atom stereocenters. The Hall–Kier alpha value is -0.830. The predicted octanol–water partition coefficient (Wildman–Crippen LogP) is 1.90. The highest BCUT2D eigenvalue weighted by atomic mass is 16.4. The Morgan fingerprint density at radius 2 is 2.07 bits per heavy atom. The minimum Gasteiger partial charge on any atom is -0.481 e. The lowest BCUT2D eigenvalue weighted by atomic mass is 9.98. The summed E-state index contributed by atoms with van der Waals surface area (Å²) in [7, 11) is 0. The summed E-state index contributed by atoms with van der Waals surface area (Å²) in [6.07, 6.45) is 3.31. The minimum atomic E-state index is -0.757. The maximum Gasteiger partial charge on any atom is 0.308 e. The summed E-state index contributed by atoms with van der Waals surface area (Å²) in [4.78, 5) is 10.0. The summed E-state index contributed by atoms with van der Waals surface area (Å²) in [6, 6.07) is 0. The van der Waals surface area contributed by atoms with Crippen molar-refractivity contribution in [3.8, 4) is 0 Å². The third kappa shape index (κ3) is 5.75. The normalized spacial score (nSPS) is 20.9. The third-order valence-electron chi connectivity index (χ3n) is 2.07. The molecule has 0 aliphatic carbocycles. The van der Waals surface area contributed by atoms with Gasteiger partial charge in [-0.05, 0) is 39.7 Å². The Balaban J connectivity index is 0.000000241. The topological polar surface area (TPSA) is 49.3 Å². The van der Waals surface area contributed by atoms with Gasteiger partial charge in [0.15, 0.2) is 0 Å². The van der Waals surface area contributed by atoms with Crippen molar-refractivity contribution in [1.82, 2.24) is 5.32 Å². The number of hydrogen-bond acceptors (Lipinski definition) is 2. The first-order valence-electron chi connectivity index (χ1n) is 4.94. The molecule has 3 nitrogen and oxygen atoms in total. The Bertz CT molecular complexity index is 188. The highest BCUT2D eigenvalue weighted by molar-refractivity contribution is 5.72. The van der Waals surface area contributed by atoms with Gasteiger partial charge >= 0.3 is 5.97 Å². The molecule has 0 radical (unpaired) electrons. The molecule has 1 heterocycles. The van der Waals surface area contributed by atoms with E-state index < -0.39 is 11.4 Å². The van der Waals surface area contributed by atoms with Crippen LogP contribution in [-0.2, 0) is 4.79 Å². The van der Waals surface area contributed by atoms with Crippen LogP contribution in [0.15, 0.2) is 12.7 Å². The number of carboxylic acid groups (broad SMARTS) is 1. The van der Waals surface area contributed by atoms with Gasteiger partial charge in [0.25, 0.3) is 0 Å². The highest BCUT2D eigenvalue weighted by Gasteiger charge is 2.18. The van der Waals surface area contributed by atoms with E-state index >= 15 is 0 Å². The smallest absolute Gasteiger partial charge is 0.308 e. The Morgan fingerprint density at radius 3 is 2.21 bits per heavy atom. The van der Waals surface area contributed by atoms with E-state index in [1.807, 2.05) is 6.08 Å². The molecule has 14 heavy (non-hydrogen) atoms. The molecule has 1 aliphatic rings. The van der Waals surface area contributed by atoms with E-state index in [-0.39, 0.29) is 0 Å². The lowest BCUT2D eigenvalue weighted by molar-refractivity contribution is -0.145. The van der Waals surface area contributed by atoms with E-state index in [2.05, 4.69) is 11.9 Å². The molecule has 0 aromatic carbocycles. The molecule has 1 aliphatic heterocycles. The van der Waals surface area contributed by atoms with Gasteiger partial charge in [-0.2, -0.15) is 0 Å². The van der Waals surface area contributed by atoms with Crippen LogP contribution < -0.4 is 5.32 Å². The number of carboxylic acids is 1. The van der Waals surface area contributed by atoms with E-state index in [9.17, 15) is 4.79 Å². The van der Waals surface area contributed by atoms with Crippen molar-refractivity contribution < 1.29 is 9.90 Å². The predicted molar refractivity (Wildman–Crippen MR) is 58.3 cm³/mol. The first-order chi connectivity index (χ1) is 6.38. The first-order valence-corrected chi connectivity index (χ1v) is 4.94. The molecule has 1 rings (SSSR count). The average molecular weight is 199 g/mol. The summed E-state index contributed by atoms with van der Waals surface area (Å²) in [5.74, 6) is -0.00694. The molecule has 0 bridgehead atoms. The highest BCUT2D eigenvalue weighted by Crippen LogP contribution is 2.11. The molecule has 1 unspecified atom stereocenters. The third-order valence-corrected chi connectivity index (χ3v) is 2.07. The van der Waals surface area contributed by atoms with Crippen molar-refractivity contribution >= 4 is 5.97 Å². The molecule has 0 aromatic heterocycles. The van der Waals surface area contributed by atoms with Gasteiger partial charge in [0.1, 0.15) is 0 Å². The van der Waals surface area contributed by atoms with Crippen molar-refractivity contribution in [2.45, 2.75) is 27.2 Å². The first kappa shape index (κ1) is 13.2. The van der Waals surface area contributed by atoms with Crippen molar-refractivity contribution in [3.05, 3.63) is 12.7 Å². The molecule has 0 spiro atoms. The zero-order chi connectivity index (χ0) is 11.2. The van der Waals surface area contributed by atoms with Gasteiger partial charge in [0.05, 0.1) is 5.41 Å². The number of carbonyl (C=O) groups is 1. The molecule has 1 fully saturated rings. The van der Waals surface area contributed by atoms with E-state index in [0.29, 0.717) is 0 Å². The molecular weight excluding hydrogens is 178 g/mol. The zero-order valence-electron chi connectivity index (χ0n) is 9.34. The van der Waals surface area contributed by atoms with Crippen molar-refractivity contribution in [1.29, 1.82) is 0 Å². The van der Waals surface area contributed by atoms with Crippen LogP contribution in [-0.4, -0.2) is 24.2 Å². The van der Waals surface area contributed by atoms with Gasteiger partial charge in [0, 0.05) is 6.54 Å². The number of hydrogen-bond donors (Lipinski definition) is 2. The van der Waals surface area contributed by atoms with Gasteiger partial charge in [0.2, 0.25) is 0 Å². The second kappa shape index (κ2) is 5.81. The largest absolute Gasteiger partial charge is 0.481 e. The molecule has 0 saturated carbocycles. The van der Waals surface area contributed by atoms with Crippen LogP contribution in [0.3, 0.4) is 0 Å². The maximum atomic E-state index is 10.0. The number of nitrogens with one attached hydrogen (secondary N) is 1. The van der Waals surface area contributed by atoms with Crippen LogP contribution >= 0.6 is 0 Å². The fraction of sp³-hybridized carbons (Fsp3) is 0.727. The van der Waals surface area contributed by atoms with Crippen molar-refractivity contribution in [2.24, 2.45) is 11.3 Å². The molecule has 0 aromatic rings. The zero-order valence-corrected chi connectivity index (χ0v) is 9.34. The van der Waals surface area contributed by atoms with Gasteiger partial charge in [-0.1, -0.05) is 6.08 Å². The van der Waals surface area contributed by atoms with E-state index in [4.69, 9.17) is 5.11 Å². The van der Waals surface area contributed by atoms with Gasteiger partial charge in [-0.15, -0.1) is 6.58 Å². The summed E-state index contributed by atoms with van der Waals surface area (Å²) in [5.41, 5.74) is -0.583. The van der Waals surface area contributed by atoms with Crippen molar-refractivity contribution in [3.63, 3.8) is 0 Å². The lowest BCUT2D eigenvalue weighted by Crippen LogP contribution is -2.18. The minimum absolute atomic E-state index is 0.583. The van der Waals surface area contributed by atoms with Crippen LogP contribution in [0.5, 0.6) is 0 Å². The molecule has 0 amide bonds. The van der Waals surface area contributed by atoms with Crippen LogP contribution in [0, 0.1) is 11.3 Å². The summed E-state index contributed by atoms with van der Waals surface area (Å²) < 4.78 is 0. The maximum absolute atomic E-state index is 10.0. The van der Waals surface area contributed by atoms with Crippen molar-refractivity contribution in [2.75, 3.05) is 13.1 Å². The van der Waals surface area contributed by atoms with Gasteiger partial charge < -0.3 is 10.4 Å². The summed E-state index contributed by atoms with van der Waals surface area (Å²) in [6.45, 7) is 11.0. The standard InChI is InChI=1S/C6H11N.C5H10O2/c1-2-6-3-4-7-5-6;1-5(2,3)4(6)7/h2,6-7H,1,3-5H2;1-3H3,(H,6,7). The fourth-order valence-electron chi connectivity index (χ4n) is 0.878. The molecule has 3 heteroatoms. The Labute approximate surface area is 86.2 Å². The monoisotopic (exact) mass is 199 g/mol. The average Bonchev–Trinajstić information content (AvgIpc) is 2.54. The molecule has 1 saturated heterocycles. The Morgan fingerprint density at radius 1 is 1.57 bits per heavy atom. The number of rotatable bonds is 1. The van der Waals surface area contributed by atoms with E-state index in [1.165, 1.54) is 13.0 Å². The van der Waals surface area contributed by atoms with Crippen LogP contribution in [0.2, 0.25) is 0 Å². The van der Waals surface area contributed by atoms with E-state index in [1.54, 1.807) is 20.8 Å². The molecular formula is C11H21NO2. The van der Waals surface area contributed by atoms with E-state index in [0.717, 1.165) is 12.5 Å². The molecule has 82 valence electrons. The summed E-state index contributed by atoms with van der Waals surface area (Å²) >= 11 is 0. The SMILES string of the molecule is C=CC1CCNC1.CC(C)(C)C(=O)O. The van der Waals surface area contributed by atoms with Gasteiger partial charge in [-0.3, -0.25) is 4.79 Å². The van der Waals surface area contributed by atoms with Crippen LogP contribution in [0.1, 0.15) is 27.2 Å². The second-order valence-electron chi connectivity index (χ2n) is 4.54. The second-order valence-corrected chi connectivity index (χ2v) is 4.54. The Kier molecular flexibility index (Phi) is 5.46. The van der Waals surface area contributed by atoms with Crippen LogP contribution in [0.4, 0.5) is 0 Å².